The van der Waals surface area contributed by atoms with Crippen LogP contribution in [0.5, 0.6) is 0 Å². The number of rotatable bonds is 4. The normalized spacial score (nSPS) is 13.2. The summed E-state index contributed by atoms with van der Waals surface area (Å²) >= 11 is 5.85. The highest BCUT2D eigenvalue weighted by atomic mass is 35.5. The van der Waals surface area contributed by atoms with Crippen LogP contribution in [0.1, 0.15) is 33.7 Å². The SMILES string of the molecule is Cn1nc(C(=O)NCCc2ccc(Cl)cc2)c2c1CCC2. The maximum absolute atomic E-state index is 12.3. The molecule has 1 amide bonds. The first kappa shape index (κ1) is 14.1. The Morgan fingerprint density at radius 2 is 2.10 bits per heavy atom. The van der Waals surface area contributed by atoms with Crippen molar-refractivity contribution >= 4 is 17.5 Å². The Morgan fingerprint density at radius 1 is 1.33 bits per heavy atom. The van der Waals surface area contributed by atoms with Crippen molar-refractivity contribution in [3.8, 4) is 0 Å². The zero-order chi connectivity index (χ0) is 14.8. The molecule has 5 heteroatoms. The maximum Gasteiger partial charge on any atom is 0.272 e. The Hall–Kier alpha value is -1.81. The van der Waals surface area contributed by atoms with Crippen molar-refractivity contribution in [2.45, 2.75) is 25.7 Å². The molecule has 1 aliphatic rings. The molecule has 0 radical (unpaired) electrons. The van der Waals surface area contributed by atoms with E-state index in [1.54, 1.807) is 0 Å². The van der Waals surface area contributed by atoms with E-state index >= 15 is 0 Å². The molecule has 0 unspecified atom stereocenters. The molecular formula is C16H18ClN3O. The van der Waals surface area contributed by atoms with Gasteiger partial charge in [0, 0.05) is 29.9 Å². The summed E-state index contributed by atoms with van der Waals surface area (Å²) in [6.07, 6.45) is 3.89. The fourth-order valence-electron chi connectivity index (χ4n) is 2.85. The van der Waals surface area contributed by atoms with Gasteiger partial charge in [0.2, 0.25) is 0 Å². The zero-order valence-electron chi connectivity index (χ0n) is 12.0. The number of aryl methyl sites for hydroxylation is 1. The minimum Gasteiger partial charge on any atom is -0.350 e. The van der Waals surface area contributed by atoms with Gasteiger partial charge in [0.25, 0.3) is 5.91 Å². The monoisotopic (exact) mass is 303 g/mol. The van der Waals surface area contributed by atoms with Crippen LogP contribution in [-0.4, -0.2) is 22.2 Å². The molecule has 21 heavy (non-hydrogen) atoms. The molecule has 0 fully saturated rings. The van der Waals surface area contributed by atoms with Gasteiger partial charge in [0.05, 0.1) is 0 Å². The number of hydrogen-bond acceptors (Lipinski definition) is 2. The van der Waals surface area contributed by atoms with Crippen LogP contribution in [0, 0.1) is 0 Å². The number of aromatic nitrogens is 2. The molecule has 1 aromatic carbocycles. The first-order valence-corrected chi connectivity index (χ1v) is 7.60. The minimum absolute atomic E-state index is 0.0669. The largest absolute Gasteiger partial charge is 0.350 e. The van der Waals surface area contributed by atoms with Gasteiger partial charge in [-0.15, -0.1) is 0 Å². The van der Waals surface area contributed by atoms with E-state index in [1.807, 2.05) is 36.0 Å². The lowest BCUT2D eigenvalue weighted by atomic mass is 10.1. The molecule has 1 aromatic heterocycles. The second-order valence-corrected chi connectivity index (χ2v) is 5.82. The third kappa shape index (κ3) is 2.95. The molecule has 0 saturated heterocycles. The Labute approximate surface area is 129 Å². The number of carbonyl (C=O) groups excluding carboxylic acids is 1. The molecule has 0 spiro atoms. The van der Waals surface area contributed by atoms with E-state index in [0.717, 1.165) is 41.8 Å². The number of benzene rings is 1. The van der Waals surface area contributed by atoms with E-state index in [9.17, 15) is 4.79 Å². The molecule has 1 aliphatic carbocycles. The van der Waals surface area contributed by atoms with Gasteiger partial charge in [-0.05, 0) is 43.4 Å². The molecule has 1 N–H and O–H groups in total. The first-order chi connectivity index (χ1) is 10.1. The third-order valence-corrected chi connectivity index (χ3v) is 4.19. The molecule has 110 valence electrons. The van der Waals surface area contributed by atoms with E-state index in [4.69, 9.17) is 11.6 Å². The molecule has 0 saturated carbocycles. The summed E-state index contributed by atoms with van der Waals surface area (Å²) in [5, 5.41) is 8.04. The highest BCUT2D eigenvalue weighted by Crippen LogP contribution is 2.24. The van der Waals surface area contributed by atoms with E-state index < -0.39 is 0 Å². The average molecular weight is 304 g/mol. The van der Waals surface area contributed by atoms with Gasteiger partial charge in [0.15, 0.2) is 5.69 Å². The van der Waals surface area contributed by atoms with Crippen molar-refractivity contribution in [2.24, 2.45) is 7.05 Å². The number of halogens is 1. The van der Waals surface area contributed by atoms with Crippen LogP contribution in [0.4, 0.5) is 0 Å². The van der Waals surface area contributed by atoms with Crippen molar-refractivity contribution in [1.82, 2.24) is 15.1 Å². The lowest BCUT2D eigenvalue weighted by Crippen LogP contribution is -2.27. The molecule has 2 aromatic rings. The average Bonchev–Trinajstić information content (AvgIpc) is 3.05. The van der Waals surface area contributed by atoms with Gasteiger partial charge < -0.3 is 5.32 Å². The van der Waals surface area contributed by atoms with Crippen LogP contribution in [0.25, 0.3) is 0 Å². The maximum atomic E-state index is 12.3. The Balaban J connectivity index is 1.60. The fraction of sp³-hybridized carbons (Fsp3) is 0.375. The predicted molar refractivity (Wildman–Crippen MR) is 82.7 cm³/mol. The van der Waals surface area contributed by atoms with Gasteiger partial charge in [-0.1, -0.05) is 23.7 Å². The second kappa shape index (κ2) is 5.90. The van der Waals surface area contributed by atoms with Crippen LogP contribution in [-0.2, 0) is 26.3 Å². The summed E-state index contributed by atoms with van der Waals surface area (Å²) in [5.74, 6) is -0.0669. The number of nitrogens with one attached hydrogen (secondary N) is 1. The van der Waals surface area contributed by atoms with E-state index in [0.29, 0.717) is 12.2 Å². The predicted octanol–water partition coefficient (Wildman–Crippen LogP) is 2.53. The summed E-state index contributed by atoms with van der Waals surface area (Å²) in [4.78, 5) is 12.3. The van der Waals surface area contributed by atoms with Gasteiger partial charge in [0.1, 0.15) is 0 Å². The van der Waals surface area contributed by atoms with E-state index in [-0.39, 0.29) is 5.91 Å². The topological polar surface area (TPSA) is 46.9 Å². The number of amides is 1. The highest BCUT2D eigenvalue weighted by molar-refractivity contribution is 6.30. The molecule has 0 bridgehead atoms. The minimum atomic E-state index is -0.0669. The lowest BCUT2D eigenvalue weighted by Gasteiger charge is -2.05. The Kier molecular flexibility index (Phi) is 3.97. The van der Waals surface area contributed by atoms with Crippen molar-refractivity contribution in [2.75, 3.05) is 6.54 Å². The molecule has 1 heterocycles. The van der Waals surface area contributed by atoms with Gasteiger partial charge in [-0.25, -0.2) is 0 Å². The van der Waals surface area contributed by atoms with E-state index in [2.05, 4.69) is 10.4 Å². The smallest absolute Gasteiger partial charge is 0.272 e. The van der Waals surface area contributed by atoms with Crippen molar-refractivity contribution in [1.29, 1.82) is 0 Å². The Bertz CT molecular complexity index is 661. The summed E-state index contributed by atoms with van der Waals surface area (Å²) in [7, 11) is 1.91. The summed E-state index contributed by atoms with van der Waals surface area (Å²) in [6, 6.07) is 7.69. The molecule has 0 aliphatic heterocycles. The third-order valence-electron chi connectivity index (χ3n) is 3.94. The van der Waals surface area contributed by atoms with Crippen LogP contribution < -0.4 is 5.32 Å². The number of nitrogens with zero attached hydrogens (tertiary/aromatic N) is 2. The van der Waals surface area contributed by atoms with Crippen LogP contribution in [0.3, 0.4) is 0 Å². The lowest BCUT2D eigenvalue weighted by molar-refractivity contribution is 0.0947. The quantitative estimate of drug-likeness (QED) is 0.943. The number of fused-ring (bicyclic) bond motifs is 1. The van der Waals surface area contributed by atoms with Crippen molar-refractivity contribution in [3.63, 3.8) is 0 Å². The van der Waals surface area contributed by atoms with Crippen molar-refractivity contribution in [3.05, 3.63) is 51.8 Å². The summed E-state index contributed by atoms with van der Waals surface area (Å²) < 4.78 is 1.84. The summed E-state index contributed by atoms with van der Waals surface area (Å²) in [5.41, 5.74) is 4.09. The van der Waals surface area contributed by atoms with Crippen LogP contribution >= 0.6 is 11.6 Å². The molecular weight excluding hydrogens is 286 g/mol. The van der Waals surface area contributed by atoms with E-state index in [1.165, 1.54) is 5.69 Å². The van der Waals surface area contributed by atoms with Gasteiger partial charge in [-0.3, -0.25) is 9.48 Å². The van der Waals surface area contributed by atoms with Crippen molar-refractivity contribution < 1.29 is 4.79 Å². The zero-order valence-corrected chi connectivity index (χ0v) is 12.8. The molecule has 3 rings (SSSR count). The second-order valence-electron chi connectivity index (χ2n) is 5.38. The standard InChI is InChI=1S/C16H18ClN3O/c1-20-14-4-2-3-13(14)15(19-20)16(21)18-10-9-11-5-7-12(17)8-6-11/h5-8H,2-4,9-10H2,1H3,(H,18,21). The first-order valence-electron chi connectivity index (χ1n) is 7.22. The fourth-order valence-corrected chi connectivity index (χ4v) is 2.97. The number of carbonyl (C=O) groups is 1. The van der Waals surface area contributed by atoms with Crippen LogP contribution in [0.2, 0.25) is 5.02 Å². The summed E-state index contributed by atoms with van der Waals surface area (Å²) in [6.45, 7) is 0.603. The molecule has 4 nitrogen and oxygen atoms in total. The van der Waals surface area contributed by atoms with Crippen LogP contribution in [0.15, 0.2) is 24.3 Å². The number of hydrogen-bond donors (Lipinski definition) is 1. The van der Waals surface area contributed by atoms with Gasteiger partial charge in [-0.2, -0.15) is 5.10 Å². The molecule has 0 atom stereocenters. The Morgan fingerprint density at radius 3 is 2.86 bits per heavy atom. The highest BCUT2D eigenvalue weighted by Gasteiger charge is 2.24. The van der Waals surface area contributed by atoms with Gasteiger partial charge >= 0.3 is 0 Å².